The second kappa shape index (κ2) is 40.2. The molecule has 540 valence electrons. The van der Waals surface area contributed by atoms with E-state index in [0.29, 0.717) is 62.0 Å². The highest BCUT2D eigenvalue weighted by atomic mass is 16.6. The van der Waals surface area contributed by atoms with Gasteiger partial charge in [0.25, 0.3) is 0 Å². The molecule has 0 saturated carbocycles. The molecule has 27 nitrogen and oxygen atoms in total. The van der Waals surface area contributed by atoms with E-state index in [1.807, 2.05) is 32.0 Å². The summed E-state index contributed by atoms with van der Waals surface area (Å²) in [5.41, 5.74) is 12.3. The summed E-state index contributed by atoms with van der Waals surface area (Å²) in [7, 11) is 6.08. The van der Waals surface area contributed by atoms with Crippen molar-refractivity contribution < 1.29 is 72.0 Å². The van der Waals surface area contributed by atoms with Crippen LogP contribution < -0.4 is 48.7 Å². The third-order valence-corrected chi connectivity index (χ3v) is 17.5. The number of unbranched alkanes of at least 4 members (excludes halogenated alkanes) is 1. The standard InChI is InChI=1S/C69H114N12O15/c1-18-43(8)57(52(93-16)38-53(82)81-37-25-30-51(81)59(94-17)44(9)60(84)74-45(10)58(83)47-26-20-19-21-27-47)79(14)65(89)55(41(4)5)78-64(88)56(42(6)7)80(15)68(92)95-39-46-31-33-48(34-32-46)75-62(86)50(29-24-36-72-66(71)90)76-63(87)54(40(2)3)77-61(85)49(70)28-22-23-35-73-67(91)96-69(11,12)13/h19-21,26-27,31-34,40-45,49-52,54-59,83H,18,22-25,28-30,35-39,70H2,1-17H3,(H,73,91)(H,74,84)(H,75,86)(H,76,87)(H,77,85)(H,78,88)(H3,71,72,90)/t43-,44+,45-,49-,50-,51-,52-,54-,55-,56-,57-,58-,59+/m0/s1. The molecule has 2 aromatic rings. The molecule has 13 atom stereocenters. The van der Waals surface area contributed by atoms with E-state index in [1.165, 1.54) is 26.2 Å². The summed E-state index contributed by atoms with van der Waals surface area (Å²) in [5.74, 6) is -5.55. The Morgan fingerprint density at radius 3 is 1.88 bits per heavy atom. The number of nitrogens with one attached hydrogen (secondary N) is 7. The van der Waals surface area contributed by atoms with Gasteiger partial charge in [-0.2, -0.15) is 0 Å². The Morgan fingerprint density at radius 2 is 1.31 bits per heavy atom. The number of likely N-dealkylation sites (N-methyl/N-ethyl adjacent to an activating group) is 2. The van der Waals surface area contributed by atoms with E-state index >= 15 is 0 Å². The maximum absolute atomic E-state index is 14.8. The van der Waals surface area contributed by atoms with E-state index in [1.54, 1.807) is 129 Å². The SMILES string of the molecule is CC[C@H](C)[C@@H]([C@H](CC(=O)N1CCC[C@H]1[C@H](OC)[C@@H](C)C(=O)N[C@@H](C)[C@H](O)c1ccccc1)OC)N(C)C(=O)[C@@H](NC(=O)[C@H](C(C)C)N(C)C(=O)OCc1ccc(NC(=O)[C@H](CCCNC(N)=O)NC(=O)[C@@H](NC(=O)[C@@H](N)CCCCNC(=O)OC(C)(C)C)C(C)C)cc1)C(C)C. The van der Waals surface area contributed by atoms with Gasteiger partial charge in [0, 0.05) is 53.6 Å². The highest BCUT2D eigenvalue weighted by molar-refractivity contribution is 5.99. The van der Waals surface area contributed by atoms with Crippen molar-refractivity contribution in [1.29, 1.82) is 0 Å². The van der Waals surface area contributed by atoms with Gasteiger partial charge in [-0.15, -0.1) is 0 Å². The van der Waals surface area contributed by atoms with Crippen LogP contribution in [0.1, 0.15) is 165 Å². The third-order valence-electron chi connectivity index (χ3n) is 17.5. The van der Waals surface area contributed by atoms with E-state index in [-0.39, 0.29) is 56.6 Å². The summed E-state index contributed by atoms with van der Waals surface area (Å²) in [6.07, 6.45) is -0.364. The lowest BCUT2D eigenvalue weighted by atomic mass is 9.89. The first-order valence-electron chi connectivity index (χ1n) is 33.7. The van der Waals surface area contributed by atoms with E-state index < -0.39 is 144 Å². The van der Waals surface area contributed by atoms with Gasteiger partial charge in [-0.3, -0.25) is 38.5 Å². The van der Waals surface area contributed by atoms with Crippen LogP contribution >= 0.6 is 0 Å². The van der Waals surface area contributed by atoms with E-state index in [4.69, 9.17) is 30.4 Å². The predicted octanol–water partition coefficient (Wildman–Crippen LogP) is 5.61. The number of anilines is 1. The minimum absolute atomic E-state index is 0.0695. The van der Waals surface area contributed by atoms with Gasteiger partial charge >= 0.3 is 18.2 Å². The molecule has 0 aliphatic carbocycles. The number of rotatable bonds is 38. The molecule has 2 aromatic carbocycles. The first kappa shape index (κ1) is 82.6. The maximum Gasteiger partial charge on any atom is 0.410 e. The zero-order valence-corrected chi connectivity index (χ0v) is 59.8. The Labute approximate surface area is 568 Å². The number of methoxy groups -OCH3 is 2. The van der Waals surface area contributed by atoms with Gasteiger partial charge in [-0.1, -0.05) is 111 Å². The minimum Gasteiger partial charge on any atom is -0.445 e. The van der Waals surface area contributed by atoms with Crippen molar-refractivity contribution in [3.8, 4) is 0 Å². The van der Waals surface area contributed by atoms with Gasteiger partial charge in [-0.05, 0) is 120 Å². The number of hydrogen-bond donors (Lipinski definition) is 10. The molecule has 0 bridgehead atoms. The number of ether oxygens (including phenoxy) is 4. The third kappa shape index (κ3) is 26.1. The molecule has 1 aliphatic rings. The Morgan fingerprint density at radius 1 is 0.698 bits per heavy atom. The van der Waals surface area contributed by atoms with Crippen LogP contribution in [0.2, 0.25) is 0 Å². The van der Waals surface area contributed by atoms with Crippen molar-refractivity contribution in [2.45, 2.75) is 227 Å². The molecule has 11 amide bonds. The lowest BCUT2D eigenvalue weighted by Gasteiger charge is -2.41. The fraction of sp³-hybridized carbons (Fsp3) is 0.681. The summed E-state index contributed by atoms with van der Waals surface area (Å²) >= 11 is 0. The van der Waals surface area contributed by atoms with Crippen LogP contribution in [-0.4, -0.2) is 193 Å². The highest BCUT2D eigenvalue weighted by Crippen LogP contribution is 2.31. The Bertz CT molecular complexity index is 2820. The van der Waals surface area contributed by atoms with Crippen LogP contribution in [-0.2, 0) is 59.1 Å². The van der Waals surface area contributed by atoms with E-state index in [2.05, 4.69) is 37.2 Å². The van der Waals surface area contributed by atoms with Crippen LogP contribution in [0.4, 0.5) is 20.1 Å². The number of nitrogens with two attached hydrogens (primary N) is 2. The number of carbonyl (C=O) groups is 10. The van der Waals surface area contributed by atoms with Crippen LogP contribution in [0.5, 0.6) is 0 Å². The number of hydrogen-bond acceptors (Lipinski definition) is 16. The molecular weight excluding hydrogens is 1240 g/mol. The lowest BCUT2D eigenvalue weighted by molar-refractivity contribution is -0.148. The Hall–Kier alpha value is -7.62. The summed E-state index contributed by atoms with van der Waals surface area (Å²) in [5, 5.41) is 30.2. The van der Waals surface area contributed by atoms with Gasteiger partial charge in [-0.25, -0.2) is 14.4 Å². The van der Waals surface area contributed by atoms with Gasteiger partial charge < -0.3 is 82.5 Å². The predicted molar refractivity (Wildman–Crippen MR) is 365 cm³/mol. The average molecular weight is 1350 g/mol. The van der Waals surface area contributed by atoms with Crippen LogP contribution in [0.15, 0.2) is 54.6 Å². The number of primary amides is 1. The second-order valence-corrected chi connectivity index (χ2v) is 27.3. The smallest absolute Gasteiger partial charge is 0.410 e. The van der Waals surface area contributed by atoms with Crippen molar-refractivity contribution >= 4 is 65.3 Å². The number of amides is 11. The fourth-order valence-electron chi connectivity index (χ4n) is 11.8. The van der Waals surface area contributed by atoms with E-state index in [9.17, 15) is 53.1 Å². The zero-order valence-electron chi connectivity index (χ0n) is 59.8. The van der Waals surface area contributed by atoms with Gasteiger partial charge in [0.2, 0.25) is 41.4 Å². The molecule has 1 heterocycles. The largest absolute Gasteiger partial charge is 0.445 e. The van der Waals surface area contributed by atoms with Crippen LogP contribution in [0, 0.1) is 29.6 Å². The number of aliphatic hydroxyl groups is 1. The molecule has 0 aromatic heterocycles. The number of alkyl carbamates (subject to hydrolysis) is 1. The summed E-state index contributed by atoms with van der Waals surface area (Å²) < 4.78 is 23.0. The minimum atomic E-state index is -1.14. The first-order valence-corrected chi connectivity index (χ1v) is 33.7. The molecule has 27 heteroatoms. The molecule has 0 unspecified atom stereocenters. The van der Waals surface area contributed by atoms with Crippen molar-refractivity contribution in [3.05, 3.63) is 65.7 Å². The molecule has 0 radical (unpaired) electrons. The zero-order chi connectivity index (χ0) is 72.3. The summed E-state index contributed by atoms with van der Waals surface area (Å²) in [6.45, 7) is 23.9. The molecule has 0 spiro atoms. The van der Waals surface area contributed by atoms with Crippen molar-refractivity contribution in [2.24, 2.45) is 41.1 Å². The van der Waals surface area contributed by atoms with Crippen LogP contribution in [0.25, 0.3) is 0 Å². The number of likely N-dealkylation sites (tertiary alicyclic amines) is 1. The fourth-order valence-corrected chi connectivity index (χ4v) is 11.8. The Balaban J connectivity index is 1.68. The van der Waals surface area contributed by atoms with Crippen LogP contribution in [0.3, 0.4) is 0 Å². The number of carbonyl (C=O) groups excluding carboxylic acids is 10. The normalized spacial score (nSPS) is 17.0. The number of aliphatic hydroxyl groups excluding tert-OH is 1. The van der Waals surface area contributed by atoms with Gasteiger partial charge in [0.15, 0.2) is 0 Å². The number of nitrogens with zero attached hydrogens (tertiary/aromatic N) is 3. The van der Waals surface area contributed by atoms with Crippen molar-refractivity contribution in [3.63, 3.8) is 0 Å². The highest BCUT2D eigenvalue weighted by Gasteiger charge is 2.44. The average Bonchev–Trinajstić information content (AvgIpc) is 1.18. The molecule has 1 fully saturated rings. The summed E-state index contributed by atoms with van der Waals surface area (Å²) in [4.78, 5) is 140. The second-order valence-electron chi connectivity index (χ2n) is 27.3. The lowest BCUT2D eigenvalue weighted by Crippen LogP contribution is -2.60. The van der Waals surface area contributed by atoms with Crippen molar-refractivity contribution in [2.75, 3.05) is 53.3 Å². The topological polar surface area (TPSA) is 374 Å². The monoisotopic (exact) mass is 1350 g/mol. The molecule has 3 rings (SSSR count). The first-order chi connectivity index (χ1) is 45.1. The molecule has 12 N–H and O–H groups in total. The molecule has 96 heavy (non-hydrogen) atoms. The van der Waals surface area contributed by atoms with E-state index in [0.717, 1.165) is 0 Å². The van der Waals surface area contributed by atoms with Gasteiger partial charge in [0.1, 0.15) is 36.4 Å². The van der Waals surface area contributed by atoms with Crippen molar-refractivity contribution in [1.82, 2.24) is 46.6 Å². The molecule has 1 saturated heterocycles. The Kier molecular flexibility index (Phi) is 34.6. The maximum atomic E-state index is 14.8. The number of benzene rings is 2. The molecule has 1 aliphatic heterocycles. The summed E-state index contributed by atoms with van der Waals surface area (Å²) in [6, 6.07) is 7.67. The van der Waals surface area contributed by atoms with Gasteiger partial charge in [0.05, 0.1) is 54.8 Å². The number of urea groups is 1. The molecular formula is C69H114N12O15. The quantitative estimate of drug-likeness (QED) is 0.0365.